The van der Waals surface area contributed by atoms with Gasteiger partial charge >= 0.3 is 0 Å². The molecule has 0 aromatic carbocycles. The van der Waals surface area contributed by atoms with Gasteiger partial charge in [0.1, 0.15) is 73.1 Å². The third kappa shape index (κ3) is 7.23. The van der Waals surface area contributed by atoms with E-state index in [4.69, 9.17) is 23.7 Å². The molecule has 0 aromatic heterocycles. The van der Waals surface area contributed by atoms with Gasteiger partial charge in [0.25, 0.3) is 0 Å². The molecule has 3 rings (SSSR count). The number of ether oxygens (including phenoxy) is 5. The Morgan fingerprint density at radius 3 is 1.75 bits per heavy atom. The Balaban J connectivity index is 1.76. The molecule has 40 heavy (non-hydrogen) atoms. The number of amides is 2. The normalized spacial score (nSPS) is 46.0. The van der Waals surface area contributed by atoms with Gasteiger partial charge in [0.15, 0.2) is 18.9 Å². The van der Waals surface area contributed by atoms with Gasteiger partial charge in [-0.1, -0.05) is 0 Å². The third-order valence-corrected chi connectivity index (χ3v) is 6.88. The van der Waals surface area contributed by atoms with Crippen LogP contribution in [0.2, 0.25) is 0 Å². The number of rotatable bonds is 9. The SMILES string of the molecule is CC(=O)N[C@@H]1[C@@H](O[C@@H]2O[C@H](CO[C@@H]3O[C@H](CO)[C@@H](O)[C@H](O)[C@H]3NC(C)=O)[C@H](O)[C@H](O)[C@H]2O)[C@H](O)[C@@H](CO)O[C@H]1O. The molecule has 0 aromatic rings. The average Bonchev–Trinajstić information content (AvgIpc) is 2.90. The highest BCUT2D eigenvalue weighted by molar-refractivity contribution is 5.73. The quantitative estimate of drug-likeness (QED) is 0.120. The predicted octanol–water partition coefficient (Wildman–Crippen LogP) is -7.29. The number of hydrogen-bond donors (Lipinski definition) is 11. The van der Waals surface area contributed by atoms with Gasteiger partial charge in [0.2, 0.25) is 11.8 Å². The summed E-state index contributed by atoms with van der Waals surface area (Å²) in [6, 6.07) is -2.71. The zero-order valence-electron chi connectivity index (χ0n) is 21.7. The van der Waals surface area contributed by atoms with Crippen LogP contribution < -0.4 is 10.6 Å². The fourth-order valence-electron chi connectivity index (χ4n) is 4.76. The van der Waals surface area contributed by atoms with E-state index in [1.54, 1.807) is 0 Å². The van der Waals surface area contributed by atoms with Gasteiger partial charge < -0.3 is 80.3 Å². The van der Waals surface area contributed by atoms with E-state index < -0.39 is 124 Å². The smallest absolute Gasteiger partial charge is 0.217 e. The van der Waals surface area contributed by atoms with E-state index in [2.05, 4.69) is 10.6 Å². The lowest BCUT2D eigenvalue weighted by molar-refractivity contribution is -0.348. The molecule has 232 valence electrons. The zero-order chi connectivity index (χ0) is 29.9. The summed E-state index contributed by atoms with van der Waals surface area (Å²) in [6.45, 7) is 0.187. The first-order valence-electron chi connectivity index (χ1n) is 12.6. The van der Waals surface area contributed by atoms with E-state index in [0.717, 1.165) is 13.8 Å². The second-order valence-electron chi connectivity index (χ2n) is 9.85. The van der Waals surface area contributed by atoms with Gasteiger partial charge in [-0.2, -0.15) is 0 Å². The lowest BCUT2D eigenvalue weighted by Crippen LogP contribution is -2.68. The van der Waals surface area contributed by atoms with Crippen LogP contribution in [0.5, 0.6) is 0 Å². The van der Waals surface area contributed by atoms with Crippen LogP contribution in [0.15, 0.2) is 0 Å². The van der Waals surface area contributed by atoms with Crippen molar-refractivity contribution in [3.8, 4) is 0 Å². The molecule has 11 N–H and O–H groups in total. The Morgan fingerprint density at radius 2 is 1.18 bits per heavy atom. The number of aliphatic hydroxyl groups excluding tert-OH is 9. The standard InChI is InChI=1S/C22H38N2O16/c1-6(27)23-11-16(32)13(29)8(3-25)38-21(11)36-5-10-14(30)17(33)18(34)22(39-10)40-19-12(24-7(2)28)20(35)37-9(4-26)15(19)31/h8-22,25-26,29-35H,3-5H2,1-2H3,(H,23,27)(H,24,28)/t8-,9-,10-,11-,12-,13-,14+,15-,16-,17+,18-,19-,20-,21-,22+/m1/s1. The molecule has 0 radical (unpaired) electrons. The molecular formula is C22H38N2O16. The summed E-state index contributed by atoms with van der Waals surface area (Å²) in [5.74, 6) is -1.25. The lowest BCUT2D eigenvalue weighted by atomic mass is 9.95. The molecule has 18 nitrogen and oxygen atoms in total. The number of carbonyl (C=O) groups is 2. The van der Waals surface area contributed by atoms with Crippen molar-refractivity contribution in [2.45, 2.75) is 106 Å². The molecule has 0 unspecified atom stereocenters. The molecule has 0 spiro atoms. The van der Waals surface area contributed by atoms with Crippen LogP contribution in [0.25, 0.3) is 0 Å². The van der Waals surface area contributed by atoms with Crippen molar-refractivity contribution >= 4 is 11.8 Å². The number of nitrogens with one attached hydrogen (secondary N) is 2. The summed E-state index contributed by atoms with van der Waals surface area (Å²) in [7, 11) is 0. The fraction of sp³-hybridized carbons (Fsp3) is 0.909. The third-order valence-electron chi connectivity index (χ3n) is 6.88. The second kappa shape index (κ2) is 14.0. The summed E-state index contributed by atoms with van der Waals surface area (Å²) in [5.41, 5.74) is 0. The van der Waals surface area contributed by atoms with E-state index in [1.807, 2.05) is 0 Å². The Hall–Kier alpha value is -1.62. The van der Waals surface area contributed by atoms with Crippen LogP contribution >= 0.6 is 0 Å². The molecule has 0 bridgehead atoms. The molecule has 0 aliphatic carbocycles. The van der Waals surface area contributed by atoms with Crippen LogP contribution in [0, 0.1) is 0 Å². The summed E-state index contributed by atoms with van der Waals surface area (Å²) in [5, 5.41) is 96.6. The zero-order valence-corrected chi connectivity index (χ0v) is 21.7. The van der Waals surface area contributed by atoms with Gasteiger partial charge in [0.05, 0.1) is 19.8 Å². The van der Waals surface area contributed by atoms with E-state index in [1.165, 1.54) is 0 Å². The Morgan fingerprint density at radius 1 is 0.650 bits per heavy atom. The maximum atomic E-state index is 11.7. The lowest BCUT2D eigenvalue weighted by Gasteiger charge is -2.47. The highest BCUT2D eigenvalue weighted by Crippen LogP contribution is 2.30. The Kier molecular flexibility index (Phi) is 11.5. The summed E-state index contributed by atoms with van der Waals surface area (Å²) >= 11 is 0. The summed E-state index contributed by atoms with van der Waals surface area (Å²) in [4.78, 5) is 23.3. The van der Waals surface area contributed by atoms with Gasteiger partial charge in [-0.05, 0) is 0 Å². The first-order valence-corrected chi connectivity index (χ1v) is 12.6. The summed E-state index contributed by atoms with van der Waals surface area (Å²) < 4.78 is 27.3. The molecule has 15 atom stereocenters. The average molecular weight is 587 g/mol. The predicted molar refractivity (Wildman–Crippen MR) is 124 cm³/mol. The van der Waals surface area contributed by atoms with E-state index in [-0.39, 0.29) is 0 Å². The minimum absolute atomic E-state index is 0.607. The largest absolute Gasteiger partial charge is 0.394 e. The van der Waals surface area contributed by atoms with Crippen molar-refractivity contribution in [1.82, 2.24) is 10.6 Å². The summed E-state index contributed by atoms with van der Waals surface area (Å²) in [6.07, 6.45) is -21.1. The van der Waals surface area contributed by atoms with Crippen molar-refractivity contribution in [1.29, 1.82) is 0 Å². The van der Waals surface area contributed by atoms with E-state index >= 15 is 0 Å². The highest BCUT2D eigenvalue weighted by Gasteiger charge is 2.52. The number of aliphatic hydroxyl groups is 9. The first-order chi connectivity index (χ1) is 18.8. The minimum Gasteiger partial charge on any atom is -0.394 e. The molecule has 3 heterocycles. The molecular weight excluding hydrogens is 548 g/mol. The molecule has 3 fully saturated rings. The molecule has 2 amide bonds. The van der Waals surface area contributed by atoms with Gasteiger partial charge in [-0.15, -0.1) is 0 Å². The molecule has 3 aliphatic heterocycles. The van der Waals surface area contributed by atoms with E-state index in [9.17, 15) is 55.5 Å². The van der Waals surface area contributed by atoms with Crippen molar-refractivity contribution < 1.29 is 79.2 Å². The van der Waals surface area contributed by atoms with Crippen molar-refractivity contribution in [3.63, 3.8) is 0 Å². The molecule has 0 saturated carbocycles. The van der Waals surface area contributed by atoms with Crippen molar-refractivity contribution in [2.75, 3.05) is 19.8 Å². The Labute approximate surface area is 228 Å². The van der Waals surface area contributed by atoms with Crippen molar-refractivity contribution in [3.05, 3.63) is 0 Å². The fourth-order valence-corrected chi connectivity index (χ4v) is 4.76. The molecule has 18 heteroatoms. The number of hydrogen-bond acceptors (Lipinski definition) is 16. The first kappa shape index (κ1) is 32.9. The number of carbonyl (C=O) groups excluding carboxylic acids is 2. The van der Waals surface area contributed by atoms with Crippen LogP contribution in [-0.2, 0) is 33.3 Å². The van der Waals surface area contributed by atoms with E-state index in [0.29, 0.717) is 0 Å². The van der Waals surface area contributed by atoms with Crippen LogP contribution in [0.1, 0.15) is 13.8 Å². The molecule has 3 saturated heterocycles. The topological polar surface area (TPSA) is 286 Å². The minimum atomic E-state index is -1.90. The Bertz CT molecular complexity index is 854. The van der Waals surface area contributed by atoms with Gasteiger partial charge in [-0.25, -0.2) is 0 Å². The van der Waals surface area contributed by atoms with Gasteiger partial charge in [0, 0.05) is 13.8 Å². The molecule has 3 aliphatic rings. The highest BCUT2D eigenvalue weighted by atomic mass is 16.7. The maximum Gasteiger partial charge on any atom is 0.217 e. The van der Waals surface area contributed by atoms with Crippen LogP contribution in [0.4, 0.5) is 0 Å². The van der Waals surface area contributed by atoms with Gasteiger partial charge in [-0.3, -0.25) is 9.59 Å². The van der Waals surface area contributed by atoms with Crippen LogP contribution in [-0.4, -0.2) is 170 Å². The van der Waals surface area contributed by atoms with Crippen LogP contribution in [0.3, 0.4) is 0 Å². The second-order valence-corrected chi connectivity index (χ2v) is 9.85. The maximum absolute atomic E-state index is 11.7. The van der Waals surface area contributed by atoms with Crippen molar-refractivity contribution in [2.24, 2.45) is 0 Å². The monoisotopic (exact) mass is 586 g/mol.